The van der Waals surface area contributed by atoms with E-state index in [0.717, 1.165) is 22.0 Å². The summed E-state index contributed by atoms with van der Waals surface area (Å²) in [4.78, 5) is 3.95. The lowest BCUT2D eigenvalue weighted by atomic mass is 9.77. The Kier molecular flexibility index (Phi) is 5.25. The third-order valence-electron chi connectivity index (χ3n) is 4.24. The molecule has 1 heterocycles. The zero-order valence-electron chi connectivity index (χ0n) is 13.4. The van der Waals surface area contributed by atoms with Crippen LogP contribution in [-0.2, 0) is 18.4 Å². The van der Waals surface area contributed by atoms with Gasteiger partial charge in [-0.3, -0.25) is 4.68 Å². The minimum absolute atomic E-state index is 0.316. The minimum Gasteiger partial charge on any atom is -0.251 e. The first kappa shape index (κ1) is 17.3. The van der Waals surface area contributed by atoms with Gasteiger partial charge in [-0.05, 0) is 48.2 Å². The molecule has 25 heavy (non-hydrogen) atoms. The summed E-state index contributed by atoms with van der Waals surface area (Å²) in [5.41, 5.74) is 1.10. The molecule has 0 radical (unpaired) electrons. The lowest BCUT2D eigenvalue weighted by Gasteiger charge is -2.27. The van der Waals surface area contributed by atoms with Crippen molar-refractivity contribution < 1.29 is 4.39 Å². The molecule has 0 bridgehead atoms. The average molecular weight is 399 g/mol. The lowest BCUT2D eigenvalue weighted by molar-refractivity contribution is 0.401. The number of hydrogen-bond acceptors (Lipinski definition) is 3. The Morgan fingerprint density at radius 1 is 1.20 bits per heavy atom. The molecule has 1 aromatic heterocycles. The smallest absolute Gasteiger partial charge is 0.137 e. The molecule has 3 rings (SSSR count). The summed E-state index contributed by atoms with van der Waals surface area (Å²) in [5.74, 6) is -0.316. The van der Waals surface area contributed by atoms with E-state index in [1.54, 1.807) is 23.1 Å². The Bertz CT molecular complexity index is 871. The highest BCUT2D eigenvalue weighted by Gasteiger charge is 2.33. The van der Waals surface area contributed by atoms with Crippen molar-refractivity contribution in [3.05, 3.63) is 82.6 Å². The fourth-order valence-electron chi connectivity index (χ4n) is 2.88. The quantitative estimate of drug-likeness (QED) is 0.622. The Morgan fingerprint density at radius 3 is 2.64 bits per heavy atom. The van der Waals surface area contributed by atoms with Crippen molar-refractivity contribution in [2.45, 2.75) is 24.8 Å². The molecule has 0 saturated carbocycles. The highest BCUT2D eigenvalue weighted by molar-refractivity contribution is 9.10. The predicted octanol–water partition coefficient (Wildman–Crippen LogP) is 4.27. The van der Waals surface area contributed by atoms with Crippen LogP contribution in [0.15, 0.2) is 65.7 Å². The van der Waals surface area contributed by atoms with Gasteiger partial charge in [0.2, 0.25) is 0 Å². The summed E-state index contributed by atoms with van der Waals surface area (Å²) < 4.78 is 16.0. The van der Waals surface area contributed by atoms with E-state index in [1.165, 1.54) is 18.5 Å². The molecule has 126 valence electrons. The molecule has 0 aliphatic heterocycles. The average Bonchev–Trinajstić information content (AvgIpc) is 3.12. The van der Waals surface area contributed by atoms with Gasteiger partial charge in [-0.25, -0.2) is 9.37 Å². The van der Waals surface area contributed by atoms with E-state index < -0.39 is 5.41 Å². The molecule has 4 nitrogen and oxygen atoms in total. The van der Waals surface area contributed by atoms with Crippen LogP contribution in [0.4, 0.5) is 4.39 Å². The second-order valence-corrected chi connectivity index (χ2v) is 6.84. The number of aryl methyl sites for hydroxylation is 1. The topological polar surface area (TPSA) is 54.5 Å². The first-order chi connectivity index (χ1) is 12.1. The predicted molar refractivity (Wildman–Crippen MR) is 96.2 cm³/mol. The van der Waals surface area contributed by atoms with Gasteiger partial charge >= 0.3 is 0 Å². The van der Waals surface area contributed by atoms with Gasteiger partial charge in [0, 0.05) is 4.47 Å². The molecule has 1 unspecified atom stereocenters. The molecule has 0 aliphatic rings. The second-order valence-electron chi connectivity index (χ2n) is 5.92. The van der Waals surface area contributed by atoms with Crippen LogP contribution in [0.5, 0.6) is 0 Å². The number of nitrogens with zero attached hydrogens (tertiary/aromatic N) is 4. The van der Waals surface area contributed by atoms with Crippen molar-refractivity contribution in [3.63, 3.8) is 0 Å². The fraction of sp³-hybridized carbons (Fsp3) is 0.211. The highest BCUT2D eigenvalue weighted by Crippen LogP contribution is 2.31. The molecule has 6 heteroatoms. The van der Waals surface area contributed by atoms with Gasteiger partial charge in [0.25, 0.3) is 0 Å². The monoisotopic (exact) mass is 398 g/mol. The van der Waals surface area contributed by atoms with Crippen molar-refractivity contribution in [2.24, 2.45) is 0 Å². The van der Waals surface area contributed by atoms with Crippen molar-refractivity contribution >= 4 is 15.9 Å². The number of halogens is 2. The zero-order valence-corrected chi connectivity index (χ0v) is 15.0. The second kappa shape index (κ2) is 7.58. The van der Waals surface area contributed by atoms with E-state index in [9.17, 15) is 9.65 Å². The highest BCUT2D eigenvalue weighted by atomic mass is 79.9. The van der Waals surface area contributed by atoms with Crippen LogP contribution in [-0.4, -0.2) is 14.8 Å². The van der Waals surface area contributed by atoms with Crippen LogP contribution < -0.4 is 0 Å². The van der Waals surface area contributed by atoms with Gasteiger partial charge in [0.15, 0.2) is 0 Å². The molecule has 0 fully saturated rings. The van der Waals surface area contributed by atoms with E-state index in [0.29, 0.717) is 13.0 Å². The maximum absolute atomic E-state index is 13.3. The largest absolute Gasteiger partial charge is 0.251 e. The standard InChI is InChI=1S/C19H16BrFN4/c20-17-3-1-2-15(10-17)8-9-19(11-22,12-25-14-23-13-24-25)16-4-6-18(21)7-5-16/h1-7,10,13-14H,8-9,12H2. The molecule has 0 amide bonds. The molecule has 0 spiro atoms. The molecule has 0 N–H and O–H groups in total. The molecule has 3 aromatic rings. The summed E-state index contributed by atoms with van der Waals surface area (Å²) in [6, 6.07) is 16.6. The van der Waals surface area contributed by atoms with Crippen molar-refractivity contribution in [2.75, 3.05) is 0 Å². The van der Waals surface area contributed by atoms with Gasteiger partial charge in [0.05, 0.1) is 12.6 Å². The summed E-state index contributed by atoms with van der Waals surface area (Å²) in [5, 5.41) is 14.2. The molecule has 0 saturated heterocycles. The summed E-state index contributed by atoms with van der Waals surface area (Å²) >= 11 is 3.47. The van der Waals surface area contributed by atoms with Gasteiger partial charge in [-0.15, -0.1) is 0 Å². The van der Waals surface area contributed by atoms with Crippen LogP contribution in [0.1, 0.15) is 17.5 Å². The first-order valence-electron chi connectivity index (χ1n) is 7.85. The van der Waals surface area contributed by atoms with Crippen molar-refractivity contribution in [1.82, 2.24) is 14.8 Å². The fourth-order valence-corrected chi connectivity index (χ4v) is 3.33. The van der Waals surface area contributed by atoms with E-state index >= 15 is 0 Å². The van der Waals surface area contributed by atoms with E-state index in [1.807, 2.05) is 24.3 Å². The van der Waals surface area contributed by atoms with Crippen LogP contribution in [0.25, 0.3) is 0 Å². The number of rotatable bonds is 6. The Labute approximate surface area is 154 Å². The third kappa shape index (κ3) is 4.12. The zero-order chi connectivity index (χ0) is 17.7. The SMILES string of the molecule is N#CC(CCc1cccc(Br)c1)(Cn1cncn1)c1ccc(F)cc1. The molecular weight excluding hydrogens is 383 g/mol. The van der Waals surface area contributed by atoms with Crippen LogP contribution in [0, 0.1) is 17.1 Å². The van der Waals surface area contributed by atoms with Gasteiger partial charge in [-0.2, -0.15) is 10.4 Å². The third-order valence-corrected chi connectivity index (χ3v) is 4.73. The molecular formula is C19H16BrFN4. The van der Waals surface area contributed by atoms with Crippen LogP contribution in [0.2, 0.25) is 0 Å². The maximum Gasteiger partial charge on any atom is 0.137 e. The molecule has 0 aliphatic carbocycles. The first-order valence-corrected chi connectivity index (χ1v) is 8.65. The minimum atomic E-state index is -0.816. The van der Waals surface area contributed by atoms with Gasteiger partial charge in [0.1, 0.15) is 23.9 Å². The Balaban J connectivity index is 1.92. The van der Waals surface area contributed by atoms with Gasteiger partial charge in [-0.1, -0.05) is 40.2 Å². The summed E-state index contributed by atoms with van der Waals surface area (Å²) in [6.45, 7) is 0.364. The normalized spacial score (nSPS) is 13.2. The number of nitriles is 1. The molecule has 1 atom stereocenters. The van der Waals surface area contributed by atoms with E-state index in [2.05, 4.69) is 32.1 Å². The number of benzene rings is 2. The lowest BCUT2D eigenvalue weighted by Crippen LogP contribution is -2.31. The van der Waals surface area contributed by atoms with Crippen molar-refractivity contribution in [1.29, 1.82) is 5.26 Å². The number of aromatic nitrogens is 3. The maximum atomic E-state index is 13.3. The number of hydrogen-bond donors (Lipinski definition) is 0. The Hall–Kier alpha value is -2.52. The summed E-state index contributed by atoms with van der Waals surface area (Å²) in [6.07, 6.45) is 4.35. The van der Waals surface area contributed by atoms with Crippen LogP contribution >= 0.6 is 15.9 Å². The van der Waals surface area contributed by atoms with E-state index in [-0.39, 0.29) is 5.82 Å². The van der Waals surface area contributed by atoms with Crippen LogP contribution in [0.3, 0.4) is 0 Å². The summed E-state index contributed by atoms with van der Waals surface area (Å²) in [7, 11) is 0. The van der Waals surface area contributed by atoms with E-state index in [4.69, 9.17) is 0 Å². The molecule has 2 aromatic carbocycles. The van der Waals surface area contributed by atoms with Gasteiger partial charge < -0.3 is 0 Å². The Morgan fingerprint density at radius 2 is 2.00 bits per heavy atom. The van der Waals surface area contributed by atoms with Crippen molar-refractivity contribution in [3.8, 4) is 6.07 Å².